The molecule has 26 heavy (non-hydrogen) atoms. The Balaban J connectivity index is 1.84. The van der Waals surface area contributed by atoms with E-state index in [0.717, 1.165) is 22.9 Å². The lowest BCUT2D eigenvalue weighted by Crippen LogP contribution is -2.49. The molecule has 5 nitrogen and oxygen atoms in total. The number of halogens is 1. The molecule has 3 rings (SSSR count). The summed E-state index contributed by atoms with van der Waals surface area (Å²) in [6.45, 7) is 2.29. The Hall–Kier alpha value is -1.70. The largest absolute Gasteiger partial charge is 0.325 e. The van der Waals surface area contributed by atoms with Gasteiger partial charge in [0.2, 0.25) is 15.9 Å². The first-order chi connectivity index (χ1) is 12.4. The maximum atomic E-state index is 13.0. The van der Waals surface area contributed by atoms with Gasteiger partial charge in [0, 0.05) is 16.7 Å². The van der Waals surface area contributed by atoms with Gasteiger partial charge in [-0.1, -0.05) is 40.5 Å². The summed E-state index contributed by atoms with van der Waals surface area (Å²) in [5, 5.41) is 2.87. The predicted molar refractivity (Wildman–Crippen MR) is 105 cm³/mol. The summed E-state index contributed by atoms with van der Waals surface area (Å²) in [4.78, 5) is 13.0. The van der Waals surface area contributed by atoms with E-state index in [-0.39, 0.29) is 10.8 Å². The van der Waals surface area contributed by atoms with Crippen molar-refractivity contribution in [2.24, 2.45) is 0 Å². The summed E-state index contributed by atoms with van der Waals surface area (Å²) >= 11 is 3.43. The van der Waals surface area contributed by atoms with E-state index in [4.69, 9.17) is 0 Å². The molecule has 7 heteroatoms. The second kappa shape index (κ2) is 7.90. The van der Waals surface area contributed by atoms with Gasteiger partial charge in [0.15, 0.2) is 0 Å². The summed E-state index contributed by atoms with van der Waals surface area (Å²) in [5.74, 6) is -0.286. The van der Waals surface area contributed by atoms with E-state index in [1.54, 1.807) is 36.4 Å². The third-order valence-corrected chi connectivity index (χ3v) is 7.34. The zero-order chi connectivity index (χ0) is 18.7. The van der Waals surface area contributed by atoms with Crippen LogP contribution in [0, 0.1) is 6.92 Å². The molecule has 1 aliphatic rings. The van der Waals surface area contributed by atoms with Gasteiger partial charge in [0.25, 0.3) is 0 Å². The van der Waals surface area contributed by atoms with Crippen molar-refractivity contribution in [2.45, 2.75) is 37.1 Å². The lowest BCUT2D eigenvalue weighted by atomic mass is 10.0. The van der Waals surface area contributed by atoms with Gasteiger partial charge in [0.1, 0.15) is 6.04 Å². The molecule has 1 N–H and O–H groups in total. The summed E-state index contributed by atoms with van der Waals surface area (Å²) < 4.78 is 28.3. The summed E-state index contributed by atoms with van der Waals surface area (Å²) in [5.41, 5.74) is 1.67. The van der Waals surface area contributed by atoms with E-state index >= 15 is 0 Å². The quantitative estimate of drug-likeness (QED) is 0.788. The second-order valence-corrected chi connectivity index (χ2v) is 9.14. The molecule has 1 aliphatic heterocycles. The SMILES string of the molecule is Cc1cc(NC(=O)C2CCCCN2S(=O)(=O)c2ccccc2)ccc1Br. The molecule has 1 heterocycles. The van der Waals surface area contributed by atoms with Crippen LogP contribution in [0.2, 0.25) is 0 Å². The van der Waals surface area contributed by atoms with E-state index in [2.05, 4.69) is 21.2 Å². The summed E-state index contributed by atoms with van der Waals surface area (Å²) in [7, 11) is -3.70. The first-order valence-electron chi connectivity index (χ1n) is 8.53. The van der Waals surface area contributed by atoms with Crippen LogP contribution in [0.25, 0.3) is 0 Å². The fourth-order valence-electron chi connectivity index (χ4n) is 3.13. The number of sulfonamides is 1. The summed E-state index contributed by atoms with van der Waals surface area (Å²) in [6.07, 6.45) is 2.11. The van der Waals surface area contributed by atoms with E-state index in [9.17, 15) is 13.2 Å². The average molecular weight is 437 g/mol. The van der Waals surface area contributed by atoms with Gasteiger partial charge in [-0.2, -0.15) is 4.31 Å². The average Bonchev–Trinajstić information content (AvgIpc) is 2.65. The molecule has 2 aromatic carbocycles. The standard InChI is InChI=1S/C19H21BrN2O3S/c1-14-13-15(10-11-17(14)20)21-19(23)18-9-5-6-12-22(18)26(24,25)16-7-3-2-4-8-16/h2-4,7-8,10-11,13,18H,5-6,9,12H2,1H3,(H,21,23). The van der Waals surface area contributed by atoms with Gasteiger partial charge < -0.3 is 5.32 Å². The topological polar surface area (TPSA) is 66.5 Å². The molecular weight excluding hydrogens is 416 g/mol. The van der Waals surface area contributed by atoms with Crippen molar-refractivity contribution in [3.8, 4) is 0 Å². The molecule has 0 aliphatic carbocycles. The Kier molecular flexibility index (Phi) is 5.79. The van der Waals surface area contributed by atoms with Crippen LogP contribution < -0.4 is 5.32 Å². The number of rotatable bonds is 4. The van der Waals surface area contributed by atoms with Crippen molar-refractivity contribution < 1.29 is 13.2 Å². The van der Waals surface area contributed by atoms with Gasteiger partial charge in [-0.25, -0.2) is 8.42 Å². The lowest BCUT2D eigenvalue weighted by Gasteiger charge is -2.33. The molecule has 1 atom stereocenters. The Morgan fingerprint density at radius 1 is 1.15 bits per heavy atom. The maximum Gasteiger partial charge on any atom is 0.243 e. The predicted octanol–water partition coefficient (Wildman–Crippen LogP) is 3.94. The normalized spacial score (nSPS) is 18.5. The van der Waals surface area contributed by atoms with Gasteiger partial charge >= 0.3 is 0 Å². The van der Waals surface area contributed by atoms with Crippen LogP contribution in [0.15, 0.2) is 57.9 Å². The molecule has 138 valence electrons. The molecule has 1 unspecified atom stereocenters. The number of amides is 1. The van der Waals surface area contributed by atoms with Crippen molar-refractivity contribution in [3.05, 3.63) is 58.6 Å². The maximum absolute atomic E-state index is 13.0. The number of benzene rings is 2. The number of nitrogens with zero attached hydrogens (tertiary/aromatic N) is 1. The van der Waals surface area contributed by atoms with E-state index in [1.165, 1.54) is 4.31 Å². The van der Waals surface area contributed by atoms with Crippen LogP contribution in [0.1, 0.15) is 24.8 Å². The van der Waals surface area contributed by atoms with E-state index in [0.29, 0.717) is 18.7 Å². The minimum Gasteiger partial charge on any atom is -0.325 e. The van der Waals surface area contributed by atoms with Crippen LogP contribution in [0.3, 0.4) is 0 Å². The summed E-state index contributed by atoms with van der Waals surface area (Å²) in [6, 6.07) is 13.1. The minimum absolute atomic E-state index is 0.221. The molecule has 0 aromatic heterocycles. The Labute approximate surface area is 162 Å². The highest BCUT2D eigenvalue weighted by Gasteiger charge is 2.37. The monoisotopic (exact) mass is 436 g/mol. The number of carbonyl (C=O) groups excluding carboxylic acids is 1. The van der Waals surface area contributed by atoms with Crippen LogP contribution >= 0.6 is 15.9 Å². The fourth-order valence-corrected chi connectivity index (χ4v) is 5.05. The zero-order valence-corrected chi connectivity index (χ0v) is 16.9. The highest BCUT2D eigenvalue weighted by Crippen LogP contribution is 2.27. The number of aryl methyl sites for hydroxylation is 1. The van der Waals surface area contributed by atoms with Gasteiger partial charge in [0.05, 0.1) is 4.90 Å². The Morgan fingerprint density at radius 3 is 2.58 bits per heavy atom. The number of piperidine rings is 1. The Morgan fingerprint density at radius 2 is 1.88 bits per heavy atom. The van der Waals surface area contributed by atoms with Crippen molar-refractivity contribution in [3.63, 3.8) is 0 Å². The fraction of sp³-hybridized carbons (Fsp3) is 0.316. The van der Waals surface area contributed by atoms with Crippen molar-refractivity contribution in [1.29, 1.82) is 0 Å². The first-order valence-corrected chi connectivity index (χ1v) is 10.8. The van der Waals surface area contributed by atoms with Gasteiger partial charge in [-0.3, -0.25) is 4.79 Å². The molecule has 0 saturated carbocycles. The van der Waals surface area contributed by atoms with Crippen LogP contribution in [0.4, 0.5) is 5.69 Å². The van der Waals surface area contributed by atoms with Crippen LogP contribution in [-0.4, -0.2) is 31.2 Å². The van der Waals surface area contributed by atoms with Gasteiger partial charge in [-0.05, 0) is 55.7 Å². The van der Waals surface area contributed by atoms with Crippen molar-refractivity contribution in [1.82, 2.24) is 4.31 Å². The molecule has 1 amide bonds. The van der Waals surface area contributed by atoms with Crippen molar-refractivity contribution >= 4 is 37.5 Å². The Bertz CT molecular complexity index is 900. The number of anilines is 1. The lowest BCUT2D eigenvalue weighted by molar-refractivity contribution is -0.120. The third kappa shape index (κ3) is 4.00. The number of nitrogens with one attached hydrogen (secondary N) is 1. The molecule has 0 spiro atoms. The van der Waals surface area contributed by atoms with E-state index in [1.807, 2.05) is 19.1 Å². The number of carbonyl (C=O) groups is 1. The highest BCUT2D eigenvalue weighted by molar-refractivity contribution is 9.10. The second-order valence-electron chi connectivity index (χ2n) is 6.39. The van der Waals surface area contributed by atoms with Crippen LogP contribution in [-0.2, 0) is 14.8 Å². The molecule has 1 saturated heterocycles. The highest BCUT2D eigenvalue weighted by atomic mass is 79.9. The zero-order valence-electron chi connectivity index (χ0n) is 14.5. The molecule has 0 bridgehead atoms. The van der Waals surface area contributed by atoms with E-state index < -0.39 is 16.1 Å². The third-order valence-electron chi connectivity index (χ3n) is 4.53. The van der Waals surface area contributed by atoms with Gasteiger partial charge in [-0.15, -0.1) is 0 Å². The van der Waals surface area contributed by atoms with Crippen molar-refractivity contribution in [2.75, 3.05) is 11.9 Å². The molecule has 1 fully saturated rings. The minimum atomic E-state index is -3.70. The molecule has 0 radical (unpaired) electrons. The van der Waals surface area contributed by atoms with Crippen LogP contribution in [0.5, 0.6) is 0 Å². The first kappa shape index (κ1) is 19.1. The number of hydrogen-bond donors (Lipinski definition) is 1. The smallest absolute Gasteiger partial charge is 0.243 e. The number of hydrogen-bond acceptors (Lipinski definition) is 3. The molecule has 2 aromatic rings. The molecular formula is C19H21BrN2O3S.